The van der Waals surface area contributed by atoms with Crippen LogP contribution in [0.3, 0.4) is 0 Å². The lowest BCUT2D eigenvalue weighted by atomic mass is 10.1. The number of carbonyl (C=O) groups is 3. The Hall–Kier alpha value is -2.95. The van der Waals surface area contributed by atoms with Crippen LogP contribution in [0.15, 0.2) is 42.5 Å². The average Bonchev–Trinajstić information content (AvgIpc) is 2.55. The van der Waals surface area contributed by atoms with Gasteiger partial charge in [0.25, 0.3) is 5.91 Å². The van der Waals surface area contributed by atoms with Gasteiger partial charge >= 0.3 is 5.97 Å². The highest BCUT2D eigenvalue weighted by Crippen LogP contribution is 2.12. The van der Waals surface area contributed by atoms with Crippen LogP contribution in [0.25, 0.3) is 0 Å². The van der Waals surface area contributed by atoms with Crippen LogP contribution in [0, 0.1) is 13.8 Å². The minimum Gasteiger partial charge on any atom is -0.452 e. The molecule has 5 heteroatoms. The Morgan fingerprint density at radius 3 is 2.38 bits per heavy atom. The largest absolute Gasteiger partial charge is 0.452 e. The molecule has 24 heavy (non-hydrogen) atoms. The molecule has 124 valence electrons. The van der Waals surface area contributed by atoms with E-state index in [1.54, 1.807) is 36.4 Å². The molecule has 5 nitrogen and oxygen atoms in total. The SMILES string of the molecule is CC(=O)c1cccc(NC(=O)COC(=O)c2ccc(C)c(C)c2)c1. The minimum atomic E-state index is -0.550. The van der Waals surface area contributed by atoms with Gasteiger partial charge in [-0.2, -0.15) is 0 Å². The second-order valence-electron chi connectivity index (χ2n) is 5.56. The predicted molar refractivity (Wildman–Crippen MR) is 91.3 cm³/mol. The fraction of sp³-hybridized carbons (Fsp3) is 0.211. The summed E-state index contributed by atoms with van der Waals surface area (Å²) in [5.74, 6) is -1.11. The minimum absolute atomic E-state index is 0.0905. The standard InChI is InChI=1S/C19H19NO4/c1-12-7-8-16(9-13(12)2)19(23)24-11-18(22)20-17-6-4-5-15(10-17)14(3)21/h4-10H,11H2,1-3H3,(H,20,22). The van der Waals surface area contributed by atoms with Gasteiger partial charge in [-0.1, -0.05) is 18.2 Å². The molecular formula is C19H19NO4. The van der Waals surface area contributed by atoms with Gasteiger partial charge in [-0.25, -0.2) is 4.79 Å². The van der Waals surface area contributed by atoms with Crippen LogP contribution in [-0.2, 0) is 9.53 Å². The number of Topliss-reactive ketones (excluding diaryl/α,β-unsaturated/α-hetero) is 1. The van der Waals surface area contributed by atoms with Gasteiger partial charge in [0.1, 0.15) is 0 Å². The molecule has 0 radical (unpaired) electrons. The number of hydrogen-bond donors (Lipinski definition) is 1. The highest BCUT2D eigenvalue weighted by molar-refractivity contribution is 5.98. The smallest absolute Gasteiger partial charge is 0.338 e. The van der Waals surface area contributed by atoms with Crippen LogP contribution in [0.2, 0.25) is 0 Å². The summed E-state index contributed by atoms with van der Waals surface area (Å²) in [6.07, 6.45) is 0. The predicted octanol–water partition coefficient (Wildman–Crippen LogP) is 3.30. The van der Waals surface area contributed by atoms with Crippen LogP contribution < -0.4 is 5.32 Å². The molecule has 0 saturated heterocycles. The molecule has 0 fully saturated rings. The molecule has 1 N–H and O–H groups in total. The molecule has 0 saturated carbocycles. The summed E-state index contributed by atoms with van der Waals surface area (Å²) in [5, 5.41) is 2.60. The summed E-state index contributed by atoms with van der Waals surface area (Å²) in [7, 11) is 0. The third kappa shape index (κ3) is 4.52. The summed E-state index contributed by atoms with van der Waals surface area (Å²) in [5.41, 5.74) is 3.45. The van der Waals surface area contributed by atoms with Crippen molar-refractivity contribution < 1.29 is 19.1 Å². The number of amides is 1. The fourth-order valence-electron chi connectivity index (χ4n) is 2.10. The summed E-state index contributed by atoms with van der Waals surface area (Å²) >= 11 is 0. The molecule has 0 heterocycles. The molecule has 0 spiro atoms. The number of anilines is 1. The van der Waals surface area contributed by atoms with Crippen molar-refractivity contribution in [1.82, 2.24) is 0 Å². The van der Waals surface area contributed by atoms with E-state index in [4.69, 9.17) is 4.74 Å². The maximum absolute atomic E-state index is 12.0. The molecule has 0 aliphatic heterocycles. The van der Waals surface area contributed by atoms with Crippen molar-refractivity contribution in [2.24, 2.45) is 0 Å². The van der Waals surface area contributed by atoms with E-state index in [-0.39, 0.29) is 5.78 Å². The summed E-state index contributed by atoms with van der Waals surface area (Å²) < 4.78 is 5.02. The molecule has 2 aromatic carbocycles. The van der Waals surface area contributed by atoms with E-state index >= 15 is 0 Å². The fourth-order valence-corrected chi connectivity index (χ4v) is 2.10. The zero-order valence-electron chi connectivity index (χ0n) is 13.9. The van der Waals surface area contributed by atoms with Crippen LogP contribution >= 0.6 is 0 Å². The Morgan fingerprint density at radius 2 is 1.71 bits per heavy atom. The Labute approximate surface area is 140 Å². The van der Waals surface area contributed by atoms with Crippen molar-refractivity contribution in [3.63, 3.8) is 0 Å². The maximum Gasteiger partial charge on any atom is 0.338 e. The maximum atomic E-state index is 12.0. The Balaban J connectivity index is 1.93. The first kappa shape index (κ1) is 17.4. The zero-order chi connectivity index (χ0) is 17.7. The number of aryl methyl sites for hydroxylation is 2. The molecule has 0 bridgehead atoms. The Bertz CT molecular complexity index is 796. The van der Waals surface area contributed by atoms with E-state index in [2.05, 4.69) is 5.32 Å². The lowest BCUT2D eigenvalue weighted by molar-refractivity contribution is -0.119. The van der Waals surface area contributed by atoms with Crippen molar-refractivity contribution in [3.8, 4) is 0 Å². The van der Waals surface area contributed by atoms with Gasteiger partial charge in [0.15, 0.2) is 12.4 Å². The van der Waals surface area contributed by atoms with Gasteiger partial charge in [-0.15, -0.1) is 0 Å². The molecule has 0 aromatic heterocycles. The van der Waals surface area contributed by atoms with Crippen molar-refractivity contribution in [3.05, 3.63) is 64.7 Å². The van der Waals surface area contributed by atoms with Gasteiger partial charge in [-0.05, 0) is 56.2 Å². The van der Waals surface area contributed by atoms with E-state index in [0.717, 1.165) is 11.1 Å². The molecule has 2 rings (SSSR count). The second kappa shape index (κ2) is 7.55. The number of benzene rings is 2. The van der Waals surface area contributed by atoms with E-state index in [9.17, 15) is 14.4 Å². The number of ether oxygens (including phenoxy) is 1. The lowest BCUT2D eigenvalue weighted by Gasteiger charge is -2.08. The summed E-state index contributed by atoms with van der Waals surface area (Å²) in [4.78, 5) is 35.2. The zero-order valence-corrected chi connectivity index (χ0v) is 13.9. The first-order chi connectivity index (χ1) is 11.4. The molecule has 1 amide bonds. The molecule has 2 aromatic rings. The number of carbonyl (C=O) groups excluding carboxylic acids is 3. The van der Waals surface area contributed by atoms with Gasteiger partial charge < -0.3 is 10.1 Å². The van der Waals surface area contributed by atoms with Crippen molar-refractivity contribution >= 4 is 23.3 Å². The third-order valence-electron chi connectivity index (χ3n) is 3.63. The van der Waals surface area contributed by atoms with Crippen LogP contribution in [0.4, 0.5) is 5.69 Å². The van der Waals surface area contributed by atoms with E-state index in [1.807, 2.05) is 19.9 Å². The van der Waals surface area contributed by atoms with E-state index < -0.39 is 18.5 Å². The highest BCUT2D eigenvalue weighted by atomic mass is 16.5. The quantitative estimate of drug-likeness (QED) is 0.676. The third-order valence-corrected chi connectivity index (χ3v) is 3.63. The molecule has 0 aliphatic rings. The van der Waals surface area contributed by atoms with Gasteiger partial charge in [0, 0.05) is 11.3 Å². The number of hydrogen-bond acceptors (Lipinski definition) is 4. The number of ketones is 1. The second-order valence-corrected chi connectivity index (χ2v) is 5.56. The van der Waals surface area contributed by atoms with Crippen LogP contribution in [0.1, 0.15) is 38.8 Å². The molecule has 0 aliphatic carbocycles. The van der Waals surface area contributed by atoms with Gasteiger partial charge in [-0.3, -0.25) is 9.59 Å². The molecule has 0 unspecified atom stereocenters. The molecule has 0 atom stereocenters. The van der Waals surface area contributed by atoms with Crippen molar-refractivity contribution in [2.45, 2.75) is 20.8 Å². The van der Waals surface area contributed by atoms with E-state index in [1.165, 1.54) is 6.92 Å². The van der Waals surface area contributed by atoms with Crippen LogP contribution in [0.5, 0.6) is 0 Å². The summed E-state index contributed by atoms with van der Waals surface area (Å²) in [6, 6.07) is 11.8. The highest BCUT2D eigenvalue weighted by Gasteiger charge is 2.11. The van der Waals surface area contributed by atoms with Crippen molar-refractivity contribution in [2.75, 3.05) is 11.9 Å². The monoisotopic (exact) mass is 325 g/mol. The Morgan fingerprint density at radius 1 is 0.958 bits per heavy atom. The lowest BCUT2D eigenvalue weighted by Crippen LogP contribution is -2.21. The normalized spacial score (nSPS) is 10.1. The topological polar surface area (TPSA) is 72.5 Å². The number of esters is 1. The first-order valence-electron chi connectivity index (χ1n) is 7.52. The molecular weight excluding hydrogens is 306 g/mol. The van der Waals surface area contributed by atoms with Gasteiger partial charge in [0.05, 0.1) is 5.56 Å². The van der Waals surface area contributed by atoms with Crippen LogP contribution in [-0.4, -0.2) is 24.3 Å². The average molecular weight is 325 g/mol. The van der Waals surface area contributed by atoms with Gasteiger partial charge in [0.2, 0.25) is 0 Å². The van der Waals surface area contributed by atoms with E-state index in [0.29, 0.717) is 16.8 Å². The number of nitrogens with one attached hydrogen (secondary N) is 1. The summed E-state index contributed by atoms with van der Waals surface area (Å²) in [6.45, 7) is 4.91. The number of rotatable bonds is 5. The van der Waals surface area contributed by atoms with Crippen molar-refractivity contribution in [1.29, 1.82) is 0 Å². The first-order valence-corrected chi connectivity index (χ1v) is 7.52. The Kier molecular flexibility index (Phi) is 5.47.